The molecule has 138 valence electrons. The van der Waals surface area contributed by atoms with Gasteiger partial charge >= 0.3 is 0 Å². The third kappa shape index (κ3) is 4.77. The van der Waals surface area contributed by atoms with Gasteiger partial charge in [-0.2, -0.15) is 0 Å². The minimum atomic E-state index is -0.242. The number of carbonyl (C=O) groups is 1. The van der Waals surface area contributed by atoms with Gasteiger partial charge in [0.1, 0.15) is 6.61 Å². The summed E-state index contributed by atoms with van der Waals surface area (Å²) in [6.45, 7) is 2.28. The number of hydrogen-bond donors (Lipinski definition) is 1. The van der Waals surface area contributed by atoms with Gasteiger partial charge in [-0.3, -0.25) is 9.78 Å². The van der Waals surface area contributed by atoms with Gasteiger partial charge in [0.2, 0.25) is 0 Å². The predicted octanol–water partition coefficient (Wildman–Crippen LogP) is 4.88. The van der Waals surface area contributed by atoms with Crippen molar-refractivity contribution in [3.05, 3.63) is 82.6 Å². The molecule has 5 nitrogen and oxygen atoms in total. The Kier molecular flexibility index (Phi) is 5.94. The highest BCUT2D eigenvalue weighted by atomic mass is 35.5. The van der Waals surface area contributed by atoms with E-state index < -0.39 is 0 Å². The molecular weight excluding hydrogens is 364 g/mol. The van der Waals surface area contributed by atoms with E-state index in [2.05, 4.69) is 10.3 Å². The Morgan fingerprint density at radius 3 is 2.59 bits per heavy atom. The van der Waals surface area contributed by atoms with E-state index in [9.17, 15) is 4.79 Å². The normalized spacial score (nSPS) is 10.3. The van der Waals surface area contributed by atoms with Gasteiger partial charge in [0, 0.05) is 16.8 Å². The van der Waals surface area contributed by atoms with E-state index in [0.29, 0.717) is 34.4 Å². The van der Waals surface area contributed by atoms with Crippen LogP contribution in [0.3, 0.4) is 0 Å². The van der Waals surface area contributed by atoms with Crippen molar-refractivity contribution in [3.63, 3.8) is 0 Å². The molecule has 1 aromatic heterocycles. The molecule has 0 atom stereocenters. The first-order chi connectivity index (χ1) is 13.1. The number of pyridine rings is 1. The van der Waals surface area contributed by atoms with Crippen LogP contribution in [0.4, 0.5) is 5.69 Å². The minimum absolute atomic E-state index is 0.242. The zero-order chi connectivity index (χ0) is 19.2. The van der Waals surface area contributed by atoms with Crippen molar-refractivity contribution >= 4 is 23.2 Å². The predicted molar refractivity (Wildman–Crippen MR) is 106 cm³/mol. The maximum atomic E-state index is 12.5. The summed E-state index contributed by atoms with van der Waals surface area (Å²) in [4.78, 5) is 16.5. The third-order valence-corrected chi connectivity index (χ3v) is 4.27. The van der Waals surface area contributed by atoms with Gasteiger partial charge in [-0.1, -0.05) is 23.7 Å². The van der Waals surface area contributed by atoms with Crippen LogP contribution < -0.4 is 14.8 Å². The third-order valence-electron chi connectivity index (χ3n) is 4.02. The number of anilines is 1. The summed E-state index contributed by atoms with van der Waals surface area (Å²) in [6.07, 6.45) is 3.30. The molecular formula is C21H19ClN2O3. The fourth-order valence-corrected chi connectivity index (χ4v) is 2.59. The lowest BCUT2D eigenvalue weighted by Gasteiger charge is -2.13. The Morgan fingerprint density at radius 2 is 1.89 bits per heavy atom. The first-order valence-electron chi connectivity index (χ1n) is 8.34. The number of amides is 1. The van der Waals surface area contributed by atoms with Crippen LogP contribution in [-0.4, -0.2) is 18.0 Å². The fourth-order valence-electron chi connectivity index (χ4n) is 2.46. The van der Waals surface area contributed by atoms with Crippen LogP contribution in [0.1, 0.15) is 21.5 Å². The Hall–Kier alpha value is -3.05. The van der Waals surface area contributed by atoms with E-state index in [1.807, 2.05) is 37.3 Å². The van der Waals surface area contributed by atoms with Gasteiger partial charge in [0.15, 0.2) is 11.5 Å². The van der Waals surface area contributed by atoms with Crippen molar-refractivity contribution in [2.45, 2.75) is 13.5 Å². The van der Waals surface area contributed by atoms with Crippen LogP contribution in [0.5, 0.6) is 11.5 Å². The lowest BCUT2D eigenvalue weighted by atomic mass is 10.1. The summed E-state index contributed by atoms with van der Waals surface area (Å²) < 4.78 is 11.2. The van der Waals surface area contributed by atoms with E-state index in [1.54, 1.807) is 30.6 Å². The number of halogens is 1. The zero-order valence-electron chi connectivity index (χ0n) is 15.0. The van der Waals surface area contributed by atoms with Gasteiger partial charge in [-0.05, 0) is 54.4 Å². The SMILES string of the molecule is COc1cc(C(=O)Nc2cnccc2C)ccc1OCc1ccc(Cl)cc1. The Labute approximate surface area is 162 Å². The molecule has 0 fully saturated rings. The van der Waals surface area contributed by atoms with E-state index in [-0.39, 0.29) is 5.91 Å². The summed E-state index contributed by atoms with van der Waals surface area (Å²) in [6, 6.07) is 14.3. The monoisotopic (exact) mass is 382 g/mol. The van der Waals surface area contributed by atoms with Crippen molar-refractivity contribution in [1.82, 2.24) is 4.98 Å². The lowest BCUT2D eigenvalue weighted by molar-refractivity contribution is 0.102. The summed E-state index contributed by atoms with van der Waals surface area (Å²) in [7, 11) is 1.54. The van der Waals surface area contributed by atoms with Gasteiger partial charge in [-0.25, -0.2) is 0 Å². The zero-order valence-corrected chi connectivity index (χ0v) is 15.8. The maximum absolute atomic E-state index is 12.5. The van der Waals surface area contributed by atoms with Crippen LogP contribution in [0, 0.1) is 6.92 Å². The number of hydrogen-bond acceptors (Lipinski definition) is 4. The van der Waals surface area contributed by atoms with Gasteiger partial charge < -0.3 is 14.8 Å². The molecule has 1 heterocycles. The van der Waals surface area contributed by atoms with Crippen molar-refractivity contribution < 1.29 is 14.3 Å². The maximum Gasteiger partial charge on any atom is 0.255 e. The van der Waals surface area contributed by atoms with Gasteiger partial charge in [-0.15, -0.1) is 0 Å². The van der Waals surface area contributed by atoms with Crippen molar-refractivity contribution in [2.75, 3.05) is 12.4 Å². The second-order valence-corrected chi connectivity index (χ2v) is 6.36. The van der Waals surface area contributed by atoms with Crippen molar-refractivity contribution in [1.29, 1.82) is 0 Å². The Morgan fingerprint density at radius 1 is 1.11 bits per heavy atom. The Bertz CT molecular complexity index is 942. The van der Waals surface area contributed by atoms with E-state index >= 15 is 0 Å². The molecule has 0 bridgehead atoms. The van der Waals surface area contributed by atoms with Crippen LogP contribution in [0.15, 0.2) is 60.9 Å². The average Bonchev–Trinajstić information content (AvgIpc) is 2.69. The molecule has 0 aliphatic rings. The standard InChI is InChI=1S/C21H19ClN2O3/c1-14-9-10-23-12-18(14)24-21(25)16-5-8-19(20(11-16)26-2)27-13-15-3-6-17(22)7-4-15/h3-12H,13H2,1-2H3,(H,24,25). The van der Waals surface area contributed by atoms with Crippen LogP contribution in [-0.2, 0) is 6.61 Å². The summed E-state index contributed by atoms with van der Waals surface area (Å²) >= 11 is 5.89. The summed E-state index contributed by atoms with van der Waals surface area (Å²) in [5.41, 5.74) is 3.06. The number of nitrogens with zero attached hydrogens (tertiary/aromatic N) is 1. The van der Waals surface area contributed by atoms with Gasteiger partial charge in [0.05, 0.1) is 19.0 Å². The number of benzene rings is 2. The number of nitrogens with one attached hydrogen (secondary N) is 1. The molecule has 3 aromatic rings. The average molecular weight is 383 g/mol. The Balaban J connectivity index is 1.72. The molecule has 2 aromatic carbocycles. The van der Waals surface area contributed by atoms with Crippen LogP contribution >= 0.6 is 11.6 Å². The highest BCUT2D eigenvalue weighted by Crippen LogP contribution is 2.29. The molecule has 1 amide bonds. The second-order valence-electron chi connectivity index (χ2n) is 5.93. The van der Waals surface area contributed by atoms with E-state index in [1.165, 1.54) is 7.11 Å². The molecule has 1 N–H and O–H groups in total. The number of methoxy groups -OCH3 is 1. The van der Waals surface area contributed by atoms with Crippen LogP contribution in [0.2, 0.25) is 5.02 Å². The molecule has 0 aliphatic carbocycles. The van der Waals surface area contributed by atoms with E-state index in [0.717, 1.165) is 11.1 Å². The van der Waals surface area contributed by atoms with Crippen LogP contribution in [0.25, 0.3) is 0 Å². The first-order valence-corrected chi connectivity index (χ1v) is 8.72. The molecule has 0 saturated heterocycles. The highest BCUT2D eigenvalue weighted by Gasteiger charge is 2.12. The number of aryl methyl sites for hydroxylation is 1. The second kappa shape index (κ2) is 8.56. The van der Waals surface area contributed by atoms with Gasteiger partial charge in [0.25, 0.3) is 5.91 Å². The largest absolute Gasteiger partial charge is 0.493 e. The highest BCUT2D eigenvalue weighted by molar-refractivity contribution is 6.30. The fraction of sp³-hybridized carbons (Fsp3) is 0.143. The molecule has 0 radical (unpaired) electrons. The number of aromatic nitrogens is 1. The number of carbonyl (C=O) groups excluding carboxylic acids is 1. The molecule has 3 rings (SSSR count). The number of rotatable bonds is 6. The molecule has 0 aliphatic heterocycles. The molecule has 0 spiro atoms. The first kappa shape index (κ1) is 18.7. The van der Waals surface area contributed by atoms with Crippen molar-refractivity contribution in [3.8, 4) is 11.5 Å². The van der Waals surface area contributed by atoms with E-state index in [4.69, 9.17) is 21.1 Å². The smallest absolute Gasteiger partial charge is 0.255 e. The van der Waals surface area contributed by atoms with Crippen molar-refractivity contribution in [2.24, 2.45) is 0 Å². The lowest BCUT2D eigenvalue weighted by Crippen LogP contribution is -2.13. The molecule has 0 saturated carbocycles. The molecule has 6 heteroatoms. The quantitative estimate of drug-likeness (QED) is 0.659. The topological polar surface area (TPSA) is 60.5 Å². The molecule has 0 unspecified atom stereocenters. The summed E-state index contributed by atoms with van der Waals surface area (Å²) in [5, 5.41) is 3.53. The summed E-state index contributed by atoms with van der Waals surface area (Å²) in [5.74, 6) is 0.801. The minimum Gasteiger partial charge on any atom is -0.493 e. The number of ether oxygens (including phenoxy) is 2. The molecule has 27 heavy (non-hydrogen) atoms.